The van der Waals surface area contributed by atoms with Crippen LogP contribution in [0.4, 0.5) is 5.82 Å². The van der Waals surface area contributed by atoms with E-state index >= 15 is 0 Å². The molecule has 5 heterocycles. The predicted octanol–water partition coefficient (Wildman–Crippen LogP) is 2.55. The van der Waals surface area contributed by atoms with Crippen molar-refractivity contribution in [2.45, 2.75) is 31.7 Å². The first-order chi connectivity index (χ1) is 16.7. The van der Waals surface area contributed by atoms with Crippen LogP contribution in [0, 0.1) is 6.92 Å². The minimum Gasteiger partial charge on any atom is -0.467 e. The van der Waals surface area contributed by atoms with E-state index < -0.39 is 0 Å². The molecule has 0 saturated carbocycles. The third kappa shape index (κ3) is 4.01. The first-order valence-electron chi connectivity index (χ1n) is 12.3. The van der Waals surface area contributed by atoms with Crippen LogP contribution in [0.2, 0.25) is 0 Å². The van der Waals surface area contributed by atoms with Gasteiger partial charge in [-0.15, -0.1) is 0 Å². The Balaban J connectivity index is 1.32. The standard InChI is InChI=1S/C25H32N6O3/c1-17-11-19-14-26-31(22(19)12-21(17)18-3-9-33-10-4-18)24-13-23(27-25(28-24)32-2)30-7-5-29(6-8-30)20-15-34-16-20/h11-14,18,20H,3-10,15-16H2,1-2H3. The zero-order valence-electron chi connectivity index (χ0n) is 19.9. The molecule has 0 spiro atoms. The van der Waals surface area contributed by atoms with Crippen LogP contribution in [0.1, 0.15) is 29.9 Å². The van der Waals surface area contributed by atoms with Gasteiger partial charge in [0.2, 0.25) is 0 Å². The molecule has 9 heteroatoms. The number of aromatic nitrogens is 4. The van der Waals surface area contributed by atoms with E-state index in [9.17, 15) is 0 Å². The number of benzene rings is 1. The Hall–Kier alpha value is -2.75. The Kier molecular flexibility index (Phi) is 5.84. The lowest BCUT2D eigenvalue weighted by Crippen LogP contribution is -2.56. The highest BCUT2D eigenvalue weighted by Crippen LogP contribution is 2.33. The lowest BCUT2D eigenvalue weighted by atomic mass is 9.88. The van der Waals surface area contributed by atoms with Gasteiger partial charge in [-0.1, -0.05) is 0 Å². The van der Waals surface area contributed by atoms with Crippen molar-refractivity contribution >= 4 is 16.7 Å². The monoisotopic (exact) mass is 464 g/mol. The number of anilines is 1. The minimum atomic E-state index is 0.364. The van der Waals surface area contributed by atoms with Crippen LogP contribution >= 0.6 is 0 Å². The van der Waals surface area contributed by atoms with Crippen molar-refractivity contribution in [3.63, 3.8) is 0 Å². The fraction of sp³-hybridized carbons (Fsp3) is 0.560. The minimum absolute atomic E-state index is 0.364. The predicted molar refractivity (Wildman–Crippen MR) is 129 cm³/mol. The van der Waals surface area contributed by atoms with E-state index in [2.05, 4.69) is 38.8 Å². The SMILES string of the molecule is COc1nc(N2CCN(C3COC3)CC2)cc(-n2ncc3cc(C)c(C4CCOCC4)cc32)n1. The second-order valence-electron chi connectivity index (χ2n) is 9.50. The van der Waals surface area contributed by atoms with Crippen molar-refractivity contribution in [2.75, 3.05) is 64.6 Å². The number of nitrogens with zero attached hydrogens (tertiary/aromatic N) is 6. The molecule has 9 nitrogen and oxygen atoms in total. The smallest absolute Gasteiger partial charge is 0.320 e. The molecular weight excluding hydrogens is 432 g/mol. The summed E-state index contributed by atoms with van der Waals surface area (Å²) < 4.78 is 18.4. The Bertz CT molecular complexity index is 1160. The van der Waals surface area contributed by atoms with E-state index in [0.717, 1.165) is 88.0 Å². The van der Waals surface area contributed by atoms with Crippen LogP contribution in [0.3, 0.4) is 0 Å². The van der Waals surface area contributed by atoms with E-state index in [1.54, 1.807) is 7.11 Å². The lowest BCUT2D eigenvalue weighted by molar-refractivity contribution is -0.0661. The number of aryl methyl sites for hydroxylation is 1. The summed E-state index contributed by atoms with van der Waals surface area (Å²) in [6, 6.07) is 7.50. The van der Waals surface area contributed by atoms with Gasteiger partial charge in [0.05, 0.1) is 38.1 Å². The molecule has 3 aliphatic heterocycles. The highest BCUT2D eigenvalue weighted by Gasteiger charge is 2.29. The third-order valence-electron chi connectivity index (χ3n) is 7.47. The van der Waals surface area contributed by atoms with Gasteiger partial charge in [-0.3, -0.25) is 4.90 Å². The molecule has 0 N–H and O–H groups in total. The molecule has 180 valence electrons. The Morgan fingerprint density at radius 2 is 1.71 bits per heavy atom. The summed E-state index contributed by atoms with van der Waals surface area (Å²) in [5.41, 5.74) is 3.76. The molecule has 34 heavy (non-hydrogen) atoms. The maximum atomic E-state index is 5.59. The van der Waals surface area contributed by atoms with Gasteiger partial charge in [0.25, 0.3) is 0 Å². The van der Waals surface area contributed by atoms with E-state index in [1.807, 2.05) is 16.9 Å². The highest BCUT2D eigenvalue weighted by molar-refractivity contribution is 5.82. The van der Waals surface area contributed by atoms with Crippen LogP contribution in [-0.2, 0) is 9.47 Å². The maximum absolute atomic E-state index is 5.59. The van der Waals surface area contributed by atoms with Crippen molar-refractivity contribution in [3.05, 3.63) is 35.5 Å². The van der Waals surface area contributed by atoms with Crippen LogP contribution in [0.15, 0.2) is 24.4 Å². The fourth-order valence-electron chi connectivity index (χ4n) is 5.35. The maximum Gasteiger partial charge on any atom is 0.320 e. The molecule has 0 bridgehead atoms. The van der Waals surface area contributed by atoms with E-state index in [1.165, 1.54) is 11.1 Å². The largest absolute Gasteiger partial charge is 0.467 e. The second-order valence-corrected chi connectivity index (χ2v) is 9.50. The molecule has 3 saturated heterocycles. The molecular formula is C25H32N6O3. The Morgan fingerprint density at radius 1 is 0.941 bits per heavy atom. The molecule has 2 aromatic heterocycles. The van der Waals surface area contributed by atoms with Crippen molar-refractivity contribution < 1.29 is 14.2 Å². The quantitative estimate of drug-likeness (QED) is 0.570. The van der Waals surface area contributed by atoms with Gasteiger partial charge in [0.15, 0.2) is 5.82 Å². The fourth-order valence-corrected chi connectivity index (χ4v) is 5.35. The average molecular weight is 465 g/mol. The Labute approximate surface area is 199 Å². The van der Waals surface area contributed by atoms with Gasteiger partial charge in [0, 0.05) is 50.8 Å². The summed E-state index contributed by atoms with van der Waals surface area (Å²) in [6.07, 6.45) is 4.04. The molecule has 0 aliphatic carbocycles. The van der Waals surface area contributed by atoms with Gasteiger partial charge < -0.3 is 19.1 Å². The van der Waals surface area contributed by atoms with Crippen molar-refractivity contribution in [1.29, 1.82) is 0 Å². The summed E-state index contributed by atoms with van der Waals surface area (Å²) in [5, 5.41) is 5.83. The number of piperazine rings is 1. The van der Waals surface area contributed by atoms with Gasteiger partial charge in [-0.2, -0.15) is 15.1 Å². The van der Waals surface area contributed by atoms with Gasteiger partial charge in [-0.25, -0.2) is 4.68 Å². The molecule has 0 atom stereocenters. The molecule has 3 fully saturated rings. The summed E-state index contributed by atoms with van der Waals surface area (Å²) in [5.74, 6) is 2.13. The molecule has 6 rings (SSSR count). The zero-order chi connectivity index (χ0) is 23.1. The topological polar surface area (TPSA) is 77.8 Å². The van der Waals surface area contributed by atoms with E-state index in [4.69, 9.17) is 19.3 Å². The average Bonchev–Trinajstić information content (AvgIpc) is 3.26. The number of hydrogen-bond donors (Lipinski definition) is 0. The van der Waals surface area contributed by atoms with Crippen LogP contribution < -0.4 is 9.64 Å². The highest BCUT2D eigenvalue weighted by atomic mass is 16.5. The number of fused-ring (bicyclic) bond motifs is 1. The zero-order valence-corrected chi connectivity index (χ0v) is 19.9. The number of hydrogen-bond acceptors (Lipinski definition) is 8. The second kappa shape index (κ2) is 9.13. The summed E-state index contributed by atoms with van der Waals surface area (Å²) in [4.78, 5) is 14.2. The van der Waals surface area contributed by atoms with Crippen LogP contribution in [-0.4, -0.2) is 90.4 Å². The molecule has 0 radical (unpaired) electrons. The van der Waals surface area contributed by atoms with Crippen molar-refractivity contribution in [3.8, 4) is 11.8 Å². The van der Waals surface area contributed by atoms with Crippen LogP contribution in [0.25, 0.3) is 16.7 Å². The summed E-state index contributed by atoms with van der Waals surface area (Å²) in [7, 11) is 1.62. The van der Waals surface area contributed by atoms with E-state index in [-0.39, 0.29) is 0 Å². The number of ether oxygens (including phenoxy) is 3. The Morgan fingerprint density at radius 3 is 2.41 bits per heavy atom. The molecule has 0 amide bonds. The summed E-state index contributed by atoms with van der Waals surface area (Å²) >= 11 is 0. The first-order valence-corrected chi connectivity index (χ1v) is 12.3. The number of methoxy groups -OCH3 is 1. The van der Waals surface area contributed by atoms with Crippen molar-refractivity contribution in [1.82, 2.24) is 24.6 Å². The number of rotatable bonds is 5. The van der Waals surface area contributed by atoms with Gasteiger partial charge >= 0.3 is 6.01 Å². The molecule has 3 aromatic rings. The van der Waals surface area contributed by atoms with Crippen molar-refractivity contribution in [2.24, 2.45) is 0 Å². The van der Waals surface area contributed by atoms with Crippen LogP contribution in [0.5, 0.6) is 6.01 Å². The first kappa shape index (κ1) is 21.8. The lowest BCUT2D eigenvalue weighted by Gasteiger charge is -2.42. The normalized spacial score (nSPS) is 20.6. The van der Waals surface area contributed by atoms with E-state index in [0.29, 0.717) is 18.0 Å². The summed E-state index contributed by atoms with van der Waals surface area (Å²) in [6.45, 7) is 9.42. The third-order valence-corrected chi connectivity index (χ3v) is 7.47. The molecule has 3 aliphatic rings. The molecule has 1 aromatic carbocycles. The molecule has 0 unspecified atom stereocenters. The van der Waals surface area contributed by atoms with Gasteiger partial charge in [0.1, 0.15) is 5.82 Å². The van der Waals surface area contributed by atoms with Gasteiger partial charge in [-0.05, 0) is 48.9 Å².